The summed E-state index contributed by atoms with van der Waals surface area (Å²) in [6.45, 7) is 4.84. The number of nitrogens with one attached hydrogen (secondary N) is 4. The monoisotopic (exact) mass is 587 g/mol. The smallest absolute Gasteiger partial charge is 0.319 e. The molecule has 8 nitrogen and oxygen atoms in total. The van der Waals surface area contributed by atoms with Crippen molar-refractivity contribution in [2.45, 2.75) is 32.7 Å². The number of rotatable bonds is 11. The van der Waals surface area contributed by atoms with Crippen molar-refractivity contribution in [2.24, 2.45) is 4.99 Å². The van der Waals surface area contributed by atoms with E-state index in [0.29, 0.717) is 47.3 Å². The molecule has 0 spiro atoms. The first-order valence-corrected chi connectivity index (χ1v) is 14.9. The number of urea groups is 1. The van der Waals surface area contributed by atoms with E-state index in [1.54, 1.807) is 6.07 Å². The number of carbonyl (C=O) groups is 2. The summed E-state index contributed by atoms with van der Waals surface area (Å²) in [6, 6.07) is 32.3. The first kappa shape index (κ1) is 30.1. The number of carbonyl (C=O) groups excluding carboxylic acids is 2. The van der Waals surface area contributed by atoms with Crippen LogP contribution in [0.5, 0.6) is 5.88 Å². The Balaban J connectivity index is 1.48. The van der Waals surface area contributed by atoms with E-state index in [-0.39, 0.29) is 23.9 Å². The van der Waals surface area contributed by atoms with E-state index in [4.69, 9.17) is 4.99 Å². The third-order valence-corrected chi connectivity index (χ3v) is 7.51. The van der Waals surface area contributed by atoms with E-state index in [2.05, 4.69) is 20.9 Å². The molecule has 1 heterocycles. The molecule has 0 aliphatic carbocycles. The third-order valence-electron chi connectivity index (χ3n) is 7.51. The average molecular weight is 588 g/mol. The topological polar surface area (TPSA) is 119 Å². The summed E-state index contributed by atoms with van der Waals surface area (Å²) in [5.74, 6) is -0.287. The van der Waals surface area contributed by atoms with Crippen LogP contribution in [-0.4, -0.2) is 40.8 Å². The second kappa shape index (κ2) is 14.2. The van der Waals surface area contributed by atoms with Crippen LogP contribution in [-0.2, 0) is 6.42 Å². The molecule has 0 aliphatic rings. The summed E-state index contributed by atoms with van der Waals surface area (Å²) >= 11 is 0. The van der Waals surface area contributed by atoms with E-state index < -0.39 is 0 Å². The quantitative estimate of drug-likeness (QED) is 0.107. The Bertz CT molecular complexity index is 1760. The average Bonchev–Trinajstić information content (AvgIpc) is 3.39. The Kier molecular flexibility index (Phi) is 9.71. The molecule has 8 heteroatoms. The van der Waals surface area contributed by atoms with Gasteiger partial charge in [-0.2, -0.15) is 0 Å². The fraction of sp³-hybridized carbons (Fsp3) is 0.194. The van der Waals surface area contributed by atoms with Crippen molar-refractivity contribution in [3.05, 3.63) is 131 Å². The second-order valence-corrected chi connectivity index (χ2v) is 10.4. The van der Waals surface area contributed by atoms with Crippen LogP contribution in [0, 0.1) is 0 Å². The van der Waals surface area contributed by atoms with Crippen LogP contribution < -0.4 is 16.0 Å². The Morgan fingerprint density at radius 1 is 0.864 bits per heavy atom. The van der Waals surface area contributed by atoms with Gasteiger partial charge in [0.1, 0.15) is 0 Å². The molecule has 224 valence electrons. The van der Waals surface area contributed by atoms with E-state index >= 15 is 0 Å². The summed E-state index contributed by atoms with van der Waals surface area (Å²) in [6.07, 6.45) is 1.30. The molecule has 0 bridgehead atoms. The zero-order valence-corrected chi connectivity index (χ0v) is 24.9. The van der Waals surface area contributed by atoms with Crippen LogP contribution >= 0.6 is 0 Å². The molecule has 5 aromatic rings. The highest BCUT2D eigenvalue weighted by Crippen LogP contribution is 2.32. The Morgan fingerprint density at radius 3 is 2.30 bits per heavy atom. The van der Waals surface area contributed by atoms with Crippen LogP contribution in [0.4, 0.5) is 10.5 Å². The third kappa shape index (κ3) is 6.81. The summed E-state index contributed by atoms with van der Waals surface area (Å²) < 4.78 is 0. The van der Waals surface area contributed by atoms with E-state index in [9.17, 15) is 14.7 Å². The highest BCUT2D eigenvalue weighted by Gasteiger charge is 2.23. The van der Waals surface area contributed by atoms with Crippen molar-refractivity contribution in [3.63, 3.8) is 0 Å². The van der Waals surface area contributed by atoms with Crippen LogP contribution in [0.1, 0.15) is 58.9 Å². The fourth-order valence-electron chi connectivity index (χ4n) is 5.36. The van der Waals surface area contributed by atoms with Crippen molar-refractivity contribution in [1.29, 1.82) is 0 Å². The number of hydrogen-bond donors (Lipinski definition) is 5. The number of aromatic hydroxyl groups is 1. The van der Waals surface area contributed by atoms with E-state index in [1.807, 2.05) is 111 Å². The summed E-state index contributed by atoms with van der Waals surface area (Å²) in [5, 5.41) is 20.8. The lowest BCUT2D eigenvalue weighted by Gasteiger charge is -2.17. The van der Waals surface area contributed by atoms with Gasteiger partial charge < -0.3 is 26.0 Å². The number of aromatic nitrogens is 1. The van der Waals surface area contributed by atoms with E-state index in [1.165, 1.54) is 0 Å². The van der Waals surface area contributed by atoms with Crippen molar-refractivity contribution in [1.82, 2.24) is 15.6 Å². The van der Waals surface area contributed by atoms with Crippen LogP contribution in [0.3, 0.4) is 0 Å². The molecule has 5 N–H and O–H groups in total. The summed E-state index contributed by atoms with van der Waals surface area (Å²) in [4.78, 5) is 33.8. The molecule has 3 amide bonds. The maximum Gasteiger partial charge on any atom is 0.319 e. The number of nitrogens with zero attached hydrogens (tertiary/aromatic N) is 1. The van der Waals surface area contributed by atoms with Crippen LogP contribution in [0.15, 0.2) is 108 Å². The number of amides is 3. The van der Waals surface area contributed by atoms with Crippen molar-refractivity contribution in [3.8, 4) is 5.88 Å². The Hall–Kier alpha value is -5.37. The molecule has 0 saturated carbocycles. The fourth-order valence-corrected chi connectivity index (χ4v) is 5.36. The van der Waals surface area contributed by atoms with Gasteiger partial charge in [-0.05, 0) is 43.0 Å². The summed E-state index contributed by atoms with van der Waals surface area (Å²) in [7, 11) is 0. The number of hydrogen-bond acceptors (Lipinski definition) is 4. The molecule has 1 atom stereocenters. The van der Waals surface area contributed by atoms with Crippen molar-refractivity contribution in [2.75, 3.05) is 18.4 Å². The maximum absolute atomic E-state index is 13.6. The number of anilines is 1. The molecule has 0 aliphatic heterocycles. The van der Waals surface area contributed by atoms with Gasteiger partial charge in [-0.25, -0.2) is 4.79 Å². The lowest BCUT2D eigenvalue weighted by atomic mass is 9.99. The molecule has 44 heavy (non-hydrogen) atoms. The Labute approximate surface area is 257 Å². The lowest BCUT2D eigenvalue weighted by Crippen LogP contribution is -2.28. The number of aliphatic imine (C=N–C) groups is 1. The molecule has 5 rings (SSSR count). The maximum atomic E-state index is 13.6. The highest BCUT2D eigenvalue weighted by molar-refractivity contribution is 6.22. The second-order valence-electron chi connectivity index (χ2n) is 10.4. The highest BCUT2D eigenvalue weighted by atomic mass is 16.3. The van der Waals surface area contributed by atoms with Gasteiger partial charge in [0.2, 0.25) is 0 Å². The first-order chi connectivity index (χ1) is 21.5. The molecule has 0 unspecified atom stereocenters. The first-order valence-electron chi connectivity index (χ1n) is 14.9. The number of benzene rings is 4. The number of para-hydroxylation sites is 2. The normalized spacial score (nSPS) is 12.1. The van der Waals surface area contributed by atoms with Crippen LogP contribution in [0.25, 0.3) is 10.9 Å². The number of fused-ring (bicyclic) bond motifs is 1. The van der Waals surface area contributed by atoms with Gasteiger partial charge in [0.05, 0.1) is 28.4 Å². The molecule has 0 radical (unpaired) electrons. The molecule has 0 fully saturated rings. The minimum atomic E-state index is -0.258. The molecule has 0 saturated heterocycles. The number of H-pyrrole nitrogens is 1. The van der Waals surface area contributed by atoms with Gasteiger partial charge in [0.25, 0.3) is 5.91 Å². The van der Waals surface area contributed by atoms with Crippen LogP contribution in [0.2, 0.25) is 0 Å². The SMILES string of the molecule is CCNC(=O)Nc1ccccc1CCN=C(c1ccccc1)c1c(O)[nH]c2c(C(=O)N[C@H](CC)c3ccccc3)cccc12. The summed E-state index contributed by atoms with van der Waals surface area (Å²) in [5.41, 5.74) is 5.66. The van der Waals surface area contributed by atoms with Gasteiger partial charge >= 0.3 is 6.03 Å². The molecule has 4 aromatic carbocycles. The predicted octanol–water partition coefficient (Wildman–Crippen LogP) is 6.98. The van der Waals surface area contributed by atoms with Gasteiger partial charge in [-0.3, -0.25) is 9.79 Å². The standard InChI is InChI=1S/C36H37N5O3/c1-3-29(24-14-7-5-8-15-24)39-34(42)28-20-13-19-27-31(35(43)41-33(27)28)32(26-17-9-6-10-18-26)38-23-22-25-16-11-12-21-30(25)40-36(44)37-4-2/h5-21,29,41,43H,3-4,22-23H2,1-2H3,(H,39,42)(H2,37,40,44)/t29-/m1/s1. The van der Waals surface area contributed by atoms with Crippen molar-refractivity contribution < 1.29 is 14.7 Å². The zero-order chi connectivity index (χ0) is 30.9. The molecular formula is C36H37N5O3. The van der Waals surface area contributed by atoms with E-state index in [0.717, 1.165) is 28.8 Å². The lowest BCUT2D eigenvalue weighted by molar-refractivity contribution is 0.0937. The minimum absolute atomic E-state index is 0.0590. The van der Waals surface area contributed by atoms with Gasteiger partial charge in [-0.1, -0.05) is 97.9 Å². The van der Waals surface area contributed by atoms with Gasteiger partial charge in [0.15, 0.2) is 5.88 Å². The minimum Gasteiger partial charge on any atom is -0.494 e. The zero-order valence-electron chi connectivity index (χ0n) is 24.9. The van der Waals surface area contributed by atoms with Gasteiger partial charge in [-0.15, -0.1) is 0 Å². The van der Waals surface area contributed by atoms with Gasteiger partial charge in [0, 0.05) is 29.7 Å². The largest absolute Gasteiger partial charge is 0.494 e. The predicted molar refractivity (Wildman–Crippen MR) is 177 cm³/mol. The Morgan fingerprint density at radius 2 is 1.57 bits per heavy atom. The molecular weight excluding hydrogens is 550 g/mol. The van der Waals surface area contributed by atoms with Crippen molar-refractivity contribution >= 4 is 34.2 Å². The molecule has 1 aromatic heterocycles. The number of aromatic amines is 1.